The number of unbranched alkanes of at least 4 members (excludes halogenated alkanes) is 1. The molecule has 0 heterocycles. The van der Waals surface area contributed by atoms with Crippen LogP contribution < -0.4 is 5.73 Å². The Morgan fingerprint density at radius 2 is 2.15 bits per heavy atom. The van der Waals surface area contributed by atoms with E-state index >= 15 is 0 Å². The summed E-state index contributed by atoms with van der Waals surface area (Å²) in [5.74, 6) is -0.279. The highest BCUT2D eigenvalue weighted by molar-refractivity contribution is 6.31. The van der Waals surface area contributed by atoms with Gasteiger partial charge in [0.15, 0.2) is 0 Å². The van der Waals surface area contributed by atoms with Crippen molar-refractivity contribution in [1.82, 2.24) is 4.90 Å². The number of rotatable bonds is 7. The van der Waals surface area contributed by atoms with Crippen LogP contribution in [0.4, 0.5) is 4.39 Å². The molecule has 0 atom stereocenters. The average Bonchev–Trinajstić information content (AvgIpc) is 3.23. The standard InChI is InChI=1S/C15H20ClFN2O/c16-13-4-3-5-14(17)12(13)10-19(11-7-8-11)15(20)6-1-2-9-18/h3-5,11H,1-2,6-10,18H2. The summed E-state index contributed by atoms with van der Waals surface area (Å²) in [5, 5.41) is 0.380. The zero-order chi connectivity index (χ0) is 14.5. The highest BCUT2D eigenvalue weighted by Crippen LogP contribution is 2.31. The van der Waals surface area contributed by atoms with Gasteiger partial charge in [-0.15, -0.1) is 0 Å². The Hall–Kier alpha value is -1.13. The van der Waals surface area contributed by atoms with Crippen LogP contribution in [0.25, 0.3) is 0 Å². The lowest BCUT2D eigenvalue weighted by molar-refractivity contribution is -0.132. The number of amides is 1. The fourth-order valence-electron chi connectivity index (χ4n) is 2.23. The smallest absolute Gasteiger partial charge is 0.223 e. The monoisotopic (exact) mass is 298 g/mol. The van der Waals surface area contributed by atoms with Gasteiger partial charge in [0.2, 0.25) is 5.91 Å². The van der Waals surface area contributed by atoms with Crippen molar-refractivity contribution >= 4 is 17.5 Å². The van der Waals surface area contributed by atoms with E-state index in [1.54, 1.807) is 17.0 Å². The van der Waals surface area contributed by atoms with Gasteiger partial charge >= 0.3 is 0 Å². The van der Waals surface area contributed by atoms with Crippen LogP contribution in [0, 0.1) is 5.82 Å². The quantitative estimate of drug-likeness (QED) is 0.786. The normalized spacial score (nSPS) is 14.3. The van der Waals surface area contributed by atoms with Crippen LogP contribution in [0.15, 0.2) is 18.2 Å². The number of carbonyl (C=O) groups excluding carboxylic acids is 1. The molecule has 1 aromatic rings. The third-order valence-electron chi connectivity index (χ3n) is 3.54. The lowest BCUT2D eigenvalue weighted by Crippen LogP contribution is -2.33. The number of carbonyl (C=O) groups is 1. The van der Waals surface area contributed by atoms with E-state index in [2.05, 4.69) is 0 Å². The first-order chi connectivity index (χ1) is 9.63. The van der Waals surface area contributed by atoms with Gasteiger partial charge in [0, 0.05) is 23.0 Å². The molecule has 0 unspecified atom stereocenters. The van der Waals surface area contributed by atoms with Crippen LogP contribution in [0.1, 0.15) is 37.7 Å². The molecule has 1 saturated carbocycles. The van der Waals surface area contributed by atoms with E-state index in [0.29, 0.717) is 23.6 Å². The Morgan fingerprint density at radius 3 is 2.75 bits per heavy atom. The van der Waals surface area contributed by atoms with Gasteiger partial charge in [-0.05, 0) is 44.4 Å². The molecule has 1 fully saturated rings. The summed E-state index contributed by atoms with van der Waals surface area (Å²) < 4.78 is 13.8. The van der Waals surface area contributed by atoms with Gasteiger partial charge < -0.3 is 10.6 Å². The molecule has 2 rings (SSSR count). The maximum atomic E-state index is 13.8. The molecule has 0 bridgehead atoms. The first-order valence-corrected chi connectivity index (χ1v) is 7.43. The topological polar surface area (TPSA) is 46.3 Å². The van der Waals surface area contributed by atoms with Crippen molar-refractivity contribution in [3.8, 4) is 0 Å². The van der Waals surface area contributed by atoms with E-state index in [-0.39, 0.29) is 24.3 Å². The van der Waals surface area contributed by atoms with Gasteiger partial charge in [0.25, 0.3) is 0 Å². The zero-order valence-corrected chi connectivity index (χ0v) is 12.2. The number of hydrogen-bond acceptors (Lipinski definition) is 2. The first-order valence-electron chi connectivity index (χ1n) is 7.06. The van der Waals surface area contributed by atoms with Crippen molar-refractivity contribution in [1.29, 1.82) is 0 Å². The van der Waals surface area contributed by atoms with Crippen molar-refractivity contribution in [2.75, 3.05) is 6.54 Å². The Balaban J connectivity index is 2.04. The summed E-state index contributed by atoms with van der Waals surface area (Å²) in [5.41, 5.74) is 5.84. The summed E-state index contributed by atoms with van der Waals surface area (Å²) >= 11 is 6.04. The van der Waals surface area contributed by atoms with E-state index < -0.39 is 0 Å². The summed E-state index contributed by atoms with van der Waals surface area (Å²) in [6.07, 6.45) is 4.08. The van der Waals surface area contributed by atoms with E-state index in [4.69, 9.17) is 17.3 Å². The van der Waals surface area contributed by atoms with Crippen LogP contribution in [0.5, 0.6) is 0 Å². The second-order valence-corrected chi connectivity index (χ2v) is 5.61. The van der Waals surface area contributed by atoms with Crippen molar-refractivity contribution in [2.24, 2.45) is 5.73 Å². The van der Waals surface area contributed by atoms with E-state index in [0.717, 1.165) is 25.7 Å². The van der Waals surface area contributed by atoms with Crippen LogP contribution >= 0.6 is 11.6 Å². The SMILES string of the molecule is NCCCCC(=O)N(Cc1c(F)cccc1Cl)C1CC1. The Bertz CT molecular complexity index is 457. The molecule has 2 N–H and O–H groups in total. The minimum Gasteiger partial charge on any atom is -0.335 e. The molecular formula is C15H20ClFN2O. The van der Waals surface area contributed by atoms with Gasteiger partial charge in [0.05, 0.1) is 6.54 Å². The molecule has 0 aliphatic heterocycles. The minimum absolute atomic E-state index is 0.0697. The highest BCUT2D eigenvalue weighted by Gasteiger charge is 2.33. The molecule has 0 spiro atoms. The molecule has 1 amide bonds. The number of nitrogens with zero attached hydrogens (tertiary/aromatic N) is 1. The molecule has 1 aliphatic rings. The summed E-state index contributed by atoms with van der Waals surface area (Å²) in [6, 6.07) is 4.86. The Kier molecular flexibility index (Phi) is 5.38. The molecule has 5 heteroatoms. The summed E-state index contributed by atoms with van der Waals surface area (Å²) in [6.45, 7) is 0.855. The van der Waals surface area contributed by atoms with Gasteiger partial charge in [-0.3, -0.25) is 4.79 Å². The van der Waals surface area contributed by atoms with Crippen molar-refractivity contribution < 1.29 is 9.18 Å². The van der Waals surface area contributed by atoms with E-state index in [9.17, 15) is 9.18 Å². The predicted octanol–water partition coefficient (Wildman–Crippen LogP) is 3.10. The molecule has 0 saturated heterocycles. The van der Waals surface area contributed by atoms with Gasteiger partial charge in [-0.25, -0.2) is 4.39 Å². The maximum absolute atomic E-state index is 13.8. The molecule has 20 heavy (non-hydrogen) atoms. The molecule has 0 aromatic heterocycles. The lowest BCUT2D eigenvalue weighted by atomic mass is 10.1. The minimum atomic E-state index is -0.349. The van der Waals surface area contributed by atoms with Crippen molar-refractivity contribution in [3.05, 3.63) is 34.6 Å². The average molecular weight is 299 g/mol. The maximum Gasteiger partial charge on any atom is 0.223 e. The van der Waals surface area contributed by atoms with Crippen LogP contribution in [0.2, 0.25) is 5.02 Å². The molecule has 0 radical (unpaired) electrons. The largest absolute Gasteiger partial charge is 0.335 e. The number of benzene rings is 1. The van der Waals surface area contributed by atoms with Gasteiger partial charge in [0.1, 0.15) is 5.82 Å². The first kappa shape index (κ1) is 15.3. The van der Waals surface area contributed by atoms with Crippen molar-refractivity contribution in [3.63, 3.8) is 0 Å². The predicted molar refractivity (Wildman–Crippen MR) is 77.9 cm³/mol. The second-order valence-electron chi connectivity index (χ2n) is 5.20. The van der Waals surface area contributed by atoms with Crippen molar-refractivity contribution in [2.45, 2.75) is 44.7 Å². The molecule has 3 nitrogen and oxygen atoms in total. The third kappa shape index (κ3) is 3.93. The van der Waals surface area contributed by atoms with E-state index in [1.165, 1.54) is 6.07 Å². The van der Waals surface area contributed by atoms with Gasteiger partial charge in [-0.1, -0.05) is 17.7 Å². The number of hydrogen-bond donors (Lipinski definition) is 1. The van der Waals surface area contributed by atoms with Crippen LogP contribution in [0.3, 0.4) is 0 Å². The van der Waals surface area contributed by atoms with E-state index in [1.807, 2.05) is 0 Å². The Labute approximate surface area is 123 Å². The molecule has 1 aromatic carbocycles. The zero-order valence-electron chi connectivity index (χ0n) is 11.4. The third-order valence-corrected chi connectivity index (χ3v) is 3.90. The van der Waals surface area contributed by atoms with Crippen LogP contribution in [-0.4, -0.2) is 23.4 Å². The molecule has 110 valence electrons. The van der Waals surface area contributed by atoms with Crippen LogP contribution in [-0.2, 0) is 11.3 Å². The highest BCUT2D eigenvalue weighted by atomic mass is 35.5. The number of halogens is 2. The number of nitrogens with two attached hydrogens (primary N) is 1. The summed E-state index contributed by atoms with van der Waals surface area (Å²) in [4.78, 5) is 14.0. The van der Waals surface area contributed by atoms with Gasteiger partial charge in [-0.2, -0.15) is 0 Å². The molecular weight excluding hydrogens is 279 g/mol. The fraction of sp³-hybridized carbons (Fsp3) is 0.533. The lowest BCUT2D eigenvalue weighted by Gasteiger charge is -2.23. The second kappa shape index (κ2) is 7.04. The Morgan fingerprint density at radius 1 is 1.40 bits per heavy atom. The fourth-order valence-corrected chi connectivity index (χ4v) is 2.45. The molecule has 1 aliphatic carbocycles. The summed E-state index contributed by atoms with van der Waals surface area (Å²) in [7, 11) is 0.